The number of nitrogens with two attached hydrogens (primary N) is 1. The average Bonchev–Trinajstić information content (AvgIpc) is 3.15. The summed E-state index contributed by atoms with van der Waals surface area (Å²) in [5.74, 6) is -0.0563. The molecule has 0 bridgehead atoms. The van der Waals surface area contributed by atoms with Gasteiger partial charge in [0.1, 0.15) is 0 Å². The molecule has 1 heterocycles. The van der Waals surface area contributed by atoms with Crippen LogP contribution in [0.4, 0.5) is 5.69 Å². The molecule has 0 radical (unpaired) electrons. The molecule has 3 aromatic rings. The Kier molecular flexibility index (Phi) is 6.05. The molecule has 3 N–H and O–H groups in total. The Labute approximate surface area is 166 Å². The van der Waals surface area contributed by atoms with Crippen molar-refractivity contribution in [1.29, 1.82) is 0 Å². The van der Waals surface area contributed by atoms with Crippen LogP contribution < -0.4 is 11.1 Å². The van der Waals surface area contributed by atoms with E-state index in [0.717, 1.165) is 5.69 Å². The van der Waals surface area contributed by atoms with Crippen LogP contribution in [0.25, 0.3) is 5.69 Å². The topological polar surface area (TPSA) is 116 Å². The summed E-state index contributed by atoms with van der Waals surface area (Å²) in [5, 5.41) is 14.9. The van der Waals surface area contributed by atoms with Gasteiger partial charge in [-0.3, -0.25) is 9.59 Å². The van der Waals surface area contributed by atoms with Gasteiger partial charge in [-0.2, -0.15) is 4.68 Å². The fourth-order valence-corrected chi connectivity index (χ4v) is 3.17. The summed E-state index contributed by atoms with van der Waals surface area (Å²) in [5.41, 5.74) is 8.27. The third-order valence-electron chi connectivity index (χ3n) is 4.03. The van der Waals surface area contributed by atoms with Gasteiger partial charge >= 0.3 is 0 Å². The molecule has 0 fully saturated rings. The molecule has 144 valence electrons. The van der Waals surface area contributed by atoms with E-state index in [4.69, 9.17) is 5.73 Å². The van der Waals surface area contributed by atoms with Crippen LogP contribution in [0.15, 0.2) is 53.7 Å². The summed E-state index contributed by atoms with van der Waals surface area (Å²) < 4.78 is 1.50. The molecule has 0 saturated heterocycles. The normalized spacial score (nSPS) is 10.8. The number of nitrogens with zero attached hydrogens (tertiary/aromatic N) is 4. The number of primary amides is 1. The fraction of sp³-hybridized carbons (Fsp3) is 0.211. The Morgan fingerprint density at radius 1 is 1.11 bits per heavy atom. The zero-order valence-electron chi connectivity index (χ0n) is 15.5. The number of nitrogens with one attached hydrogen (secondary N) is 1. The SMILES string of the molecule is CC(C)c1ccc(NC(=O)CSc2nnnn2-c2ccc(C(N)=O)cc2)cc1. The van der Waals surface area contributed by atoms with Crippen LogP contribution >= 0.6 is 11.8 Å². The lowest BCUT2D eigenvalue weighted by Crippen LogP contribution is -2.14. The highest BCUT2D eigenvalue weighted by molar-refractivity contribution is 7.99. The molecular weight excluding hydrogens is 376 g/mol. The van der Waals surface area contributed by atoms with Crippen LogP contribution in [0.3, 0.4) is 0 Å². The number of anilines is 1. The summed E-state index contributed by atoms with van der Waals surface area (Å²) >= 11 is 1.22. The second-order valence-corrected chi connectivity index (χ2v) is 7.34. The lowest BCUT2D eigenvalue weighted by molar-refractivity contribution is -0.113. The molecule has 2 amide bonds. The third-order valence-corrected chi connectivity index (χ3v) is 4.95. The van der Waals surface area contributed by atoms with Crippen molar-refractivity contribution in [2.24, 2.45) is 5.73 Å². The van der Waals surface area contributed by atoms with Gasteiger partial charge in [0, 0.05) is 11.3 Å². The van der Waals surface area contributed by atoms with E-state index in [9.17, 15) is 9.59 Å². The van der Waals surface area contributed by atoms with E-state index in [1.165, 1.54) is 22.0 Å². The Hall–Kier alpha value is -3.20. The third kappa shape index (κ3) is 4.74. The highest BCUT2D eigenvalue weighted by Crippen LogP contribution is 2.20. The molecule has 28 heavy (non-hydrogen) atoms. The van der Waals surface area contributed by atoms with E-state index >= 15 is 0 Å². The molecule has 0 saturated carbocycles. The molecule has 0 spiro atoms. The van der Waals surface area contributed by atoms with E-state index in [1.807, 2.05) is 24.3 Å². The molecule has 1 aromatic heterocycles. The second-order valence-electron chi connectivity index (χ2n) is 6.40. The Morgan fingerprint density at radius 3 is 2.39 bits per heavy atom. The smallest absolute Gasteiger partial charge is 0.248 e. The minimum atomic E-state index is -0.504. The zero-order chi connectivity index (χ0) is 20.1. The maximum absolute atomic E-state index is 12.2. The number of carbonyl (C=O) groups excluding carboxylic acids is 2. The molecule has 0 atom stereocenters. The molecule has 2 aromatic carbocycles. The molecule has 0 aliphatic rings. The van der Waals surface area contributed by atoms with Crippen LogP contribution in [-0.4, -0.2) is 37.8 Å². The molecule has 8 nitrogen and oxygen atoms in total. The molecule has 0 unspecified atom stereocenters. The van der Waals surface area contributed by atoms with Crippen LogP contribution in [0.1, 0.15) is 35.7 Å². The molecule has 9 heteroatoms. The van der Waals surface area contributed by atoms with Gasteiger partial charge < -0.3 is 11.1 Å². The van der Waals surface area contributed by atoms with Crippen molar-refractivity contribution in [2.45, 2.75) is 24.9 Å². The Balaban J connectivity index is 1.61. The maximum atomic E-state index is 12.2. The van der Waals surface area contributed by atoms with Crippen molar-refractivity contribution in [3.8, 4) is 5.69 Å². The van der Waals surface area contributed by atoms with E-state index in [-0.39, 0.29) is 11.7 Å². The molecule has 3 rings (SSSR count). The largest absolute Gasteiger partial charge is 0.366 e. The molecule has 0 aliphatic carbocycles. The molecule has 0 aliphatic heterocycles. The number of hydrogen-bond donors (Lipinski definition) is 2. The van der Waals surface area contributed by atoms with E-state index in [0.29, 0.717) is 22.3 Å². The van der Waals surface area contributed by atoms with Crippen LogP contribution in [0.5, 0.6) is 0 Å². The van der Waals surface area contributed by atoms with Crippen molar-refractivity contribution in [1.82, 2.24) is 20.2 Å². The lowest BCUT2D eigenvalue weighted by Gasteiger charge is -2.08. The van der Waals surface area contributed by atoms with Crippen LogP contribution in [0, 0.1) is 0 Å². The predicted octanol–water partition coefficient (Wildman–Crippen LogP) is 2.62. The average molecular weight is 396 g/mol. The maximum Gasteiger partial charge on any atom is 0.248 e. The first-order valence-electron chi connectivity index (χ1n) is 8.65. The number of amides is 2. The number of hydrogen-bond acceptors (Lipinski definition) is 6. The summed E-state index contributed by atoms with van der Waals surface area (Å²) in [7, 11) is 0. The fourth-order valence-electron chi connectivity index (χ4n) is 2.48. The van der Waals surface area contributed by atoms with Gasteiger partial charge in [-0.1, -0.05) is 37.7 Å². The lowest BCUT2D eigenvalue weighted by atomic mass is 10.0. The van der Waals surface area contributed by atoms with Gasteiger partial charge in [0.05, 0.1) is 11.4 Å². The van der Waals surface area contributed by atoms with Crippen molar-refractivity contribution < 1.29 is 9.59 Å². The quantitative estimate of drug-likeness (QED) is 0.593. The zero-order valence-corrected chi connectivity index (χ0v) is 16.3. The number of rotatable bonds is 7. The highest BCUT2D eigenvalue weighted by atomic mass is 32.2. The van der Waals surface area contributed by atoms with E-state index in [2.05, 4.69) is 34.7 Å². The van der Waals surface area contributed by atoms with Crippen molar-refractivity contribution >= 4 is 29.3 Å². The Bertz CT molecular complexity index is 967. The van der Waals surface area contributed by atoms with E-state index in [1.54, 1.807) is 24.3 Å². The van der Waals surface area contributed by atoms with Gasteiger partial charge in [-0.15, -0.1) is 5.10 Å². The summed E-state index contributed by atoms with van der Waals surface area (Å²) in [6.45, 7) is 4.24. The minimum Gasteiger partial charge on any atom is -0.366 e. The summed E-state index contributed by atoms with van der Waals surface area (Å²) in [6, 6.07) is 14.4. The number of tetrazole rings is 1. The first-order chi connectivity index (χ1) is 13.4. The number of carbonyl (C=O) groups is 2. The number of benzene rings is 2. The van der Waals surface area contributed by atoms with Gasteiger partial charge in [0.25, 0.3) is 0 Å². The first kappa shape index (κ1) is 19.6. The standard InChI is InChI=1S/C19H20N6O2S/c1-12(2)13-3-7-15(8-4-13)21-17(26)11-28-19-22-23-24-25(19)16-9-5-14(6-10-16)18(20)27/h3-10,12H,11H2,1-2H3,(H2,20,27)(H,21,26). The van der Waals surface area contributed by atoms with Gasteiger partial charge in [0.2, 0.25) is 17.0 Å². The van der Waals surface area contributed by atoms with Crippen LogP contribution in [0.2, 0.25) is 0 Å². The number of aromatic nitrogens is 4. The summed E-state index contributed by atoms with van der Waals surface area (Å²) in [4.78, 5) is 23.4. The van der Waals surface area contributed by atoms with Crippen molar-refractivity contribution in [3.05, 3.63) is 59.7 Å². The highest BCUT2D eigenvalue weighted by Gasteiger charge is 2.12. The van der Waals surface area contributed by atoms with Gasteiger partial charge in [-0.25, -0.2) is 0 Å². The number of thioether (sulfide) groups is 1. The summed E-state index contributed by atoms with van der Waals surface area (Å²) in [6.07, 6.45) is 0. The van der Waals surface area contributed by atoms with Gasteiger partial charge in [0.15, 0.2) is 0 Å². The minimum absolute atomic E-state index is 0.152. The van der Waals surface area contributed by atoms with E-state index < -0.39 is 5.91 Å². The molecular formula is C19H20N6O2S. The van der Waals surface area contributed by atoms with Crippen LogP contribution in [-0.2, 0) is 4.79 Å². The van der Waals surface area contributed by atoms with Crippen molar-refractivity contribution in [3.63, 3.8) is 0 Å². The van der Waals surface area contributed by atoms with Gasteiger partial charge in [-0.05, 0) is 58.3 Å². The predicted molar refractivity (Wildman–Crippen MR) is 108 cm³/mol. The van der Waals surface area contributed by atoms with Crippen molar-refractivity contribution in [2.75, 3.05) is 11.1 Å². The monoisotopic (exact) mass is 396 g/mol. The second kappa shape index (κ2) is 8.66. The Morgan fingerprint density at radius 2 is 1.79 bits per heavy atom. The first-order valence-corrected chi connectivity index (χ1v) is 9.64.